The Kier molecular flexibility index (Phi) is 7.03. The second-order valence-corrected chi connectivity index (χ2v) is 9.84. The summed E-state index contributed by atoms with van der Waals surface area (Å²) in [4.78, 5) is 25.8. The third-order valence-corrected chi connectivity index (χ3v) is 6.38. The molecule has 6 N–H and O–H groups in total. The number of hydrogen-bond acceptors (Lipinski definition) is 10. The van der Waals surface area contributed by atoms with Crippen LogP contribution < -0.4 is 20.1 Å². The number of fused-ring (bicyclic) bond motifs is 1. The van der Waals surface area contributed by atoms with Gasteiger partial charge in [0.25, 0.3) is 5.95 Å². The highest BCUT2D eigenvalue weighted by Gasteiger charge is 2.47. The molecule has 1 aliphatic heterocycles. The first kappa shape index (κ1) is 26.0. The Labute approximate surface area is 215 Å². The van der Waals surface area contributed by atoms with Crippen LogP contribution >= 0.6 is 7.82 Å². The van der Waals surface area contributed by atoms with Crippen molar-refractivity contribution >= 4 is 24.9 Å². The molecule has 0 bridgehead atoms. The SMILES string of the molecule is Nc1nc([O-])c2c(n1)[n+]([C@H]1O[C@@H](COP(=O)(O)O)[C@H](O)[C@@H]1O)cn2Cc1cccc(Oc2ccccc2)c1. The van der Waals surface area contributed by atoms with Crippen LogP contribution in [0.5, 0.6) is 17.4 Å². The molecule has 15 heteroatoms. The first-order chi connectivity index (χ1) is 18.1. The van der Waals surface area contributed by atoms with E-state index in [1.54, 1.807) is 22.8 Å². The van der Waals surface area contributed by atoms with Gasteiger partial charge in [-0.25, -0.2) is 14.1 Å². The maximum Gasteiger partial charge on any atom is 0.469 e. The number of nitrogens with zero attached hydrogens (tertiary/aromatic N) is 4. The lowest BCUT2D eigenvalue weighted by Crippen LogP contribution is -2.46. The van der Waals surface area contributed by atoms with Crippen molar-refractivity contribution in [2.75, 3.05) is 12.3 Å². The van der Waals surface area contributed by atoms with Gasteiger partial charge in [-0.3, -0.25) is 9.09 Å². The molecule has 38 heavy (non-hydrogen) atoms. The molecular formula is C23H24N5O9P. The number of para-hydroxylation sites is 1. The number of phosphoric ester groups is 1. The van der Waals surface area contributed by atoms with Crippen LogP contribution in [-0.2, 0) is 20.4 Å². The second-order valence-electron chi connectivity index (χ2n) is 8.60. The van der Waals surface area contributed by atoms with E-state index < -0.39 is 44.8 Å². The second kappa shape index (κ2) is 10.3. The third kappa shape index (κ3) is 5.47. The van der Waals surface area contributed by atoms with Crippen molar-refractivity contribution in [3.63, 3.8) is 0 Å². The predicted molar refractivity (Wildman–Crippen MR) is 128 cm³/mol. The van der Waals surface area contributed by atoms with Crippen LogP contribution in [-0.4, -0.2) is 59.5 Å². The number of imidazole rings is 1. The summed E-state index contributed by atoms with van der Waals surface area (Å²) in [5.41, 5.74) is 6.57. The number of anilines is 1. The van der Waals surface area contributed by atoms with E-state index in [0.29, 0.717) is 11.5 Å². The zero-order valence-corrected chi connectivity index (χ0v) is 20.5. The van der Waals surface area contributed by atoms with Crippen LogP contribution in [0.3, 0.4) is 0 Å². The number of aliphatic hydroxyl groups is 2. The highest BCUT2D eigenvalue weighted by Crippen LogP contribution is 2.38. The number of nitrogen functional groups attached to an aromatic ring is 1. The highest BCUT2D eigenvalue weighted by atomic mass is 31.2. The standard InChI is InChI=1S/C23H24N5O9P/c24-23-25-20-17(21(31)26-23)27(10-13-5-4-8-15(9-13)36-14-6-2-1-3-7-14)12-28(20)22-19(30)18(29)16(37-22)11-35-38(32,33)34/h1-9,12,16,18-19,22,29-30H,10-11H2,(H4-,24,25,26,31,32,33,34)/t16-,18-,19-,22-/m0/s1. The van der Waals surface area contributed by atoms with Gasteiger partial charge in [-0.2, -0.15) is 0 Å². The van der Waals surface area contributed by atoms with Gasteiger partial charge in [0.1, 0.15) is 29.8 Å². The molecule has 14 nitrogen and oxygen atoms in total. The number of phosphoric acid groups is 1. The fourth-order valence-corrected chi connectivity index (χ4v) is 4.58. The number of hydrogen-bond donors (Lipinski definition) is 5. The van der Waals surface area contributed by atoms with Crippen molar-refractivity contribution in [1.82, 2.24) is 14.5 Å². The Balaban J connectivity index is 1.47. The van der Waals surface area contributed by atoms with Crippen molar-refractivity contribution in [3.8, 4) is 17.4 Å². The van der Waals surface area contributed by atoms with E-state index in [-0.39, 0.29) is 23.7 Å². The average molecular weight is 545 g/mol. The van der Waals surface area contributed by atoms with Crippen molar-refractivity contribution < 1.29 is 48.2 Å². The van der Waals surface area contributed by atoms with Gasteiger partial charge in [-0.15, -0.1) is 0 Å². The molecule has 2 aromatic carbocycles. The minimum atomic E-state index is -4.84. The Bertz CT molecular complexity index is 1500. The van der Waals surface area contributed by atoms with Gasteiger partial charge in [0.2, 0.25) is 6.23 Å². The van der Waals surface area contributed by atoms with Crippen LogP contribution in [0.15, 0.2) is 60.9 Å². The van der Waals surface area contributed by atoms with Gasteiger partial charge in [-0.1, -0.05) is 35.3 Å². The summed E-state index contributed by atoms with van der Waals surface area (Å²) in [5, 5.41) is 33.9. The monoisotopic (exact) mass is 545 g/mol. The Morgan fingerprint density at radius 1 is 1.08 bits per heavy atom. The maximum absolute atomic E-state index is 12.8. The summed E-state index contributed by atoms with van der Waals surface area (Å²) >= 11 is 0. The summed E-state index contributed by atoms with van der Waals surface area (Å²) in [6.07, 6.45) is -4.18. The number of aromatic nitrogens is 4. The smallest absolute Gasteiger partial charge is 0.469 e. The number of nitrogens with two attached hydrogens (primary N) is 1. The molecule has 0 saturated carbocycles. The molecule has 4 aromatic rings. The van der Waals surface area contributed by atoms with Crippen LogP contribution in [0, 0.1) is 0 Å². The van der Waals surface area contributed by atoms with Crippen molar-refractivity contribution in [3.05, 3.63) is 66.5 Å². The number of ether oxygens (including phenoxy) is 2. The summed E-state index contributed by atoms with van der Waals surface area (Å²) in [6, 6.07) is 16.4. The predicted octanol–water partition coefficient (Wildman–Crippen LogP) is -0.0563. The average Bonchev–Trinajstić information content (AvgIpc) is 3.35. The highest BCUT2D eigenvalue weighted by molar-refractivity contribution is 7.46. The fraction of sp³-hybridized carbons (Fsp3) is 0.261. The van der Waals surface area contributed by atoms with Crippen molar-refractivity contribution in [2.45, 2.75) is 31.1 Å². The lowest BCUT2D eigenvalue weighted by Gasteiger charge is -2.14. The fourth-order valence-electron chi connectivity index (χ4n) is 4.23. The van der Waals surface area contributed by atoms with Gasteiger partial charge in [-0.05, 0) is 29.8 Å². The maximum atomic E-state index is 12.8. The summed E-state index contributed by atoms with van der Waals surface area (Å²) in [6.45, 7) is -0.509. The molecule has 200 valence electrons. The molecule has 0 aliphatic carbocycles. The molecule has 5 rings (SSSR count). The molecule has 4 atom stereocenters. The quantitative estimate of drug-likeness (QED) is 0.146. The minimum absolute atomic E-state index is 0.0343. The van der Waals surface area contributed by atoms with Gasteiger partial charge in [0, 0.05) is 5.88 Å². The van der Waals surface area contributed by atoms with Gasteiger partial charge < -0.3 is 40.3 Å². The normalized spacial score (nSPS) is 21.7. The minimum Gasteiger partial charge on any atom is -0.856 e. The topological polar surface area (TPSA) is 209 Å². The van der Waals surface area contributed by atoms with E-state index >= 15 is 0 Å². The summed E-state index contributed by atoms with van der Waals surface area (Å²) in [7, 11) is -4.84. The van der Waals surface area contributed by atoms with E-state index in [2.05, 4.69) is 14.5 Å². The Morgan fingerprint density at radius 2 is 1.82 bits per heavy atom. The molecular weight excluding hydrogens is 521 g/mol. The molecule has 1 fully saturated rings. The van der Waals surface area contributed by atoms with Gasteiger partial charge in [0.05, 0.1) is 13.2 Å². The van der Waals surface area contributed by atoms with Crippen LogP contribution in [0.4, 0.5) is 5.95 Å². The Hall–Kier alpha value is -3.62. The van der Waals surface area contributed by atoms with E-state index in [0.717, 1.165) is 5.56 Å². The van der Waals surface area contributed by atoms with E-state index in [9.17, 15) is 19.9 Å². The largest absolute Gasteiger partial charge is 0.856 e. The lowest BCUT2D eigenvalue weighted by molar-refractivity contribution is -0.745. The first-order valence-electron chi connectivity index (χ1n) is 11.4. The third-order valence-electron chi connectivity index (χ3n) is 5.90. The molecule has 0 amide bonds. The summed E-state index contributed by atoms with van der Waals surface area (Å²) in [5.74, 6) is 0.258. The zero-order valence-electron chi connectivity index (χ0n) is 19.6. The zero-order chi connectivity index (χ0) is 27.0. The number of benzene rings is 2. The number of aliphatic hydroxyl groups excluding tert-OH is 2. The molecule has 0 spiro atoms. The first-order valence-corrected chi connectivity index (χ1v) is 12.9. The van der Waals surface area contributed by atoms with Gasteiger partial charge >= 0.3 is 13.5 Å². The molecule has 2 aromatic heterocycles. The Morgan fingerprint density at radius 3 is 2.55 bits per heavy atom. The lowest BCUT2D eigenvalue weighted by atomic mass is 10.1. The van der Waals surface area contributed by atoms with E-state index in [1.165, 1.54) is 10.9 Å². The molecule has 3 heterocycles. The summed E-state index contributed by atoms with van der Waals surface area (Å²) < 4.78 is 29.9. The van der Waals surface area contributed by atoms with Crippen molar-refractivity contribution in [1.29, 1.82) is 0 Å². The van der Waals surface area contributed by atoms with E-state index in [1.807, 2.05) is 36.4 Å². The van der Waals surface area contributed by atoms with Crippen LogP contribution in [0.2, 0.25) is 0 Å². The van der Waals surface area contributed by atoms with E-state index in [4.69, 9.17) is 25.0 Å². The molecule has 0 unspecified atom stereocenters. The van der Waals surface area contributed by atoms with Crippen molar-refractivity contribution in [2.24, 2.45) is 0 Å². The molecule has 1 aliphatic rings. The van der Waals surface area contributed by atoms with Crippen LogP contribution in [0.25, 0.3) is 11.2 Å². The number of rotatable bonds is 8. The van der Waals surface area contributed by atoms with Crippen LogP contribution in [0.1, 0.15) is 11.8 Å². The molecule has 0 radical (unpaired) electrons. The molecule has 1 saturated heterocycles. The van der Waals surface area contributed by atoms with Gasteiger partial charge in [0.15, 0.2) is 11.8 Å².